The van der Waals surface area contributed by atoms with Crippen LogP contribution in [0, 0.1) is 4.77 Å². The topological polar surface area (TPSA) is 29.2 Å². The molecule has 1 fully saturated rings. The van der Waals surface area contributed by atoms with Gasteiger partial charge in [-0.2, -0.15) is 5.10 Å². The monoisotopic (exact) mass is 289 g/mol. The van der Waals surface area contributed by atoms with Gasteiger partial charge >= 0.3 is 0 Å². The Hall–Kier alpha value is -1.66. The third-order valence-corrected chi connectivity index (χ3v) is 4.21. The first-order chi connectivity index (χ1) is 9.74. The van der Waals surface area contributed by atoms with Crippen LogP contribution in [0.1, 0.15) is 0 Å². The van der Waals surface area contributed by atoms with Crippen molar-refractivity contribution in [2.24, 2.45) is 7.05 Å². The molecule has 1 aromatic heterocycles. The van der Waals surface area contributed by atoms with Crippen LogP contribution in [0.2, 0.25) is 0 Å². The number of nitrogens with zero attached hydrogens (tertiary/aromatic N) is 5. The lowest BCUT2D eigenvalue weighted by atomic mass is 10.2. The Bertz CT molecular complexity index is 610. The number of hydrogen-bond acceptors (Lipinski definition) is 4. The fourth-order valence-electron chi connectivity index (χ4n) is 2.49. The van der Waals surface area contributed by atoms with E-state index in [1.807, 2.05) is 16.3 Å². The van der Waals surface area contributed by atoms with Gasteiger partial charge in [-0.05, 0) is 24.4 Å². The Kier molecular flexibility index (Phi) is 3.84. The minimum Gasteiger partial charge on any atom is -0.369 e. The number of aryl methyl sites for hydroxylation is 1. The van der Waals surface area contributed by atoms with Crippen molar-refractivity contribution in [3.8, 4) is 0 Å². The molecule has 0 unspecified atom stereocenters. The van der Waals surface area contributed by atoms with E-state index in [1.54, 1.807) is 6.33 Å². The summed E-state index contributed by atoms with van der Waals surface area (Å²) in [7, 11) is 1.93. The van der Waals surface area contributed by atoms with Gasteiger partial charge in [-0.15, -0.1) is 0 Å². The number of aromatic nitrogens is 3. The minimum atomic E-state index is 0.774. The fourth-order valence-corrected chi connectivity index (χ4v) is 2.65. The molecule has 5 nitrogen and oxygen atoms in total. The molecule has 0 bridgehead atoms. The van der Waals surface area contributed by atoms with E-state index in [9.17, 15) is 0 Å². The molecule has 1 aliphatic rings. The number of anilines is 1. The van der Waals surface area contributed by atoms with Gasteiger partial charge in [-0.25, -0.2) is 4.68 Å². The first-order valence-corrected chi connectivity index (χ1v) is 7.25. The van der Waals surface area contributed by atoms with Gasteiger partial charge < -0.3 is 9.47 Å². The molecule has 0 radical (unpaired) electrons. The van der Waals surface area contributed by atoms with E-state index in [0.717, 1.165) is 37.6 Å². The van der Waals surface area contributed by atoms with Crippen LogP contribution in [0.25, 0.3) is 0 Å². The van der Waals surface area contributed by atoms with Crippen molar-refractivity contribution in [2.45, 2.75) is 6.67 Å². The van der Waals surface area contributed by atoms with Gasteiger partial charge in [-0.1, -0.05) is 18.2 Å². The van der Waals surface area contributed by atoms with E-state index in [2.05, 4.69) is 45.2 Å². The van der Waals surface area contributed by atoms with E-state index in [4.69, 9.17) is 12.2 Å². The molecule has 0 saturated carbocycles. The van der Waals surface area contributed by atoms with Crippen molar-refractivity contribution in [3.05, 3.63) is 41.4 Å². The second kappa shape index (κ2) is 5.76. The SMILES string of the molecule is Cn1cnn(CN2CCN(c3ccccc3)CC2)c1=S. The van der Waals surface area contributed by atoms with Crippen LogP contribution < -0.4 is 4.90 Å². The predicted molar refractivity (Wildman–Crippen MR) is 82.3 cm³/mol. The molecule has 0 N–H and O–H groups in total. The molecule has 0 amide bonds. The Morgan fingerprint density at radius 2 is 1.80 bits per heavy atom. The predicted octanol–water partition coefficient (Wildman–Crippen LogP) is 1.73. The van der Waals surface area contributed by atoms with Crippen molar-refractivity contribution in [3.63, 3.8) is 0 Å². The summed E-state index contributed by atoms with van der Waals surface area (Å²) in [4.78, 5) is 4.82. The van der Waals surface area contributed by atoms with Crippen molar-refractivity contribution in [2.75, 3.05) is 31.1 Å². The summed E-state index contributed by atoms with van der Waals surface area (Å²) in [6.07, 6.45) is 1.77. The number of piperazine rings is 1. The van der Waals surface area contributed by atoms with Crippen molar-refractivity contribution in [1.82, 2.24) is 19.2 Å². The molecule has 0 atom stereocenters. The zero-order valence-electron chi connectivity index (χ0n) is 11.6. The second-order valence-corrected chi connectivity index (χ2v) is 5.47. The summed E-state index contributed by atoms with van der Waals surface area (Å²) in [5.74, 6) is 0. The van der Waals surface area contributed by atoms with Gasteiger partial charge in [0.25, 0.3) is 0 Å². The maximum Gasteiger partial charge on any atom is 0.198 e. The molecule has 2 aromatic rings. The maximum absolute atomic E-state index is 5.32. The second-order valence-electron chi connectivity index (χ2n) is 5.11. The standard InChI is InChI=1S/C14H19N5S/c1-16-11-15-19(14(16)20)12-17-7-9-18(10-8-17)13-5-3-2-4-6-13/h2-6,11H,7-10,12H2,1H3. The van der Waals surface area contributed by atoms with Crippen LogP contribution >= 0.6 is 12.2 Å². The number of para-hydroxylation sites is 1. The maximum atomic E-state index is 5.32. The van der Waals surface area contributed by atoms with Gasteiger partial charge in [0.2, 0.25) is 0 Å². The average Bonchev–Trinajstić information content (AvgIpc) is 2.81. The molecule has 106 valence electrons. The van der Waals surface area contributed by atoms with Gasteiger partial charge in [0.1, 0.15) is 6.33 Å². The van der Waals surface area contributed by atoms with E-state index in [-0.39, 0.29) is 0 Å². The largest absolute Gasteiger partial charge is 0.369 e. The third kappa shape index (κ3) is 2.76. The smallest absolute Gasteiger partial charge is 0.198 e. The van der Waals surface area contributed by atoms with Crippen molar-refractivity contribution < 1.29 is 0 Å². The average molecular weight is 289 g/mol. The number of hydrogen-bond donors (Lipinski definition) is 0. The lowest BCUT2D eigenvalue weighted by molar-refractivity contribution is 0.194. The molecule has 1 aromatic carbocycles. The van der Waals surface area contributed by atoms with E-state index < -0.39 is 0 Å². The molecule has 1 aliphatic heterocycles. The van der Waals surface area contributed by atoms with Crippen LogP contribution in [0.15, 0.2) is 36.7 Å². The van der Waals surface area contributed by atoms with E-state index >= 15 is 0 Å². The Morgan fingerprint density at radius 3 is 2.40 bits per heavy atom. The van der Waals surface area contributed by atoms with Gasteiger partial charge in [-0.3, -0.25) is 4.90 Å². The third-order valence-electron chi connectivity index (χ3n) is 3.71. The van der Waals surface area contributed by atoms with Gasteiger partial charge in [0, 0.05) is 38.9 Å². The van der Waals surface area contributed by atoms with Crippen molar-refractivity contribution >= 4 is 17.9 Å². The molecule has 1 saturated heterocycles. The zero-order chi connectivity index (χ0) is 13.9. The molecule has 0 spiro atoms. The first-order valence-electron chi connectivity index (χ1n) is 6.85. The van der Waals surface area contributed by atoms with Crippen LogP contribution in [-0.2, 0) is 13.7 Å². The van der Waals surface area contributed by atoms with E-state index in [1.165, 1.54) is 5.69 Å². The molecule has 0 aliphatic carbocycles. The van der Waals surface area contributed by atoms with Crippen molar-refractivity contribution in [1.29, 1.82) is 0 Å². The summed E-state index contributed by atoms with van der Waals surface area (Å²) >= 11 is 5.32. The molecule has 6 heteroatoms. The van der Waals surface area contributed by atoms with Crippen LogP contribution in [0.3, 0.4) is 0 Å². The van der Waals surface area contributed by atoms with E-state index in [0.29, 0.717) is 0 Å². The zero-order valence-corrected chi connectivity index (χ0v) is 12.5. The highest BCUT2D eigenvalue weighted by molar-refractivity contribution is 7.71. The lowest BCUT2D eigenvalue weighted by Crippen LogP contribution is -2.46. The molecule has 3 rings (SSSR count). The molecule has 20 heavy (non-hydrogen) atoms. The highest BCUT2D eigenvalue weighted by Crippen LogP contribution is 2.15. The lowest BCUT2D eigenvalue weighted by Gasteiger charge is -2.35. The van der Waals surface area contributed by atoms with Crippen LogP contribution in [-0.4, -0.2) is 45.4 Å². The van der Waals surface area contributed by atoms with Gasteiger partial charge in [0.05, 0.1) is 6.67 Å². The molecule has 2 heterocycles. The summed E-state index contributed by atoms with van der Waals surface area (Å²) in [6, 6.07) is 10.6. The molecular formula is C14H19N5S. The quantitative estimate of drug-likeness (QED) is 0.805. The minimum absolute atomic E-state index is 0.774. The Balaban J connectivity index is 1.59. The summed E-state index contributed by atoms with van der Waals surface area (Å²) in [5.41, 5.74) is 1.31. The highest BCUT2D eigenvalue weighted by atomic mass is 32.1. The van der Waals surface area contributed by atoms with Crippen LogP contribution in [0.5, 0.6) is 0 Å². The highest BCUT2D eigenvalue weighted by Gasteiger charge is 2.17. The Morgan fingerprint density at radius 1 is 1.10 bits per heavy atom. The first kappa shape index (κ1) is 13.3. The Labute approximate surface area is 124 Å². The van der Waals surface area contributed by atoms with Gasteiger partial charge in [0.15, 0.2) is 4.77 Å². The number of rotatable bonds is 3. The van der Waals surface area contributed by atoms with Crippen LogP contribution in [0.4, 0.5) is 5.69 Å². The normalized spacial score (nSPS) is 16.6. The summed E-state index contributed by atoms with van der Waals surface area (Å²) in [6.45, 7) is 4.94. The summed E-state index contributed by atoms with van der Waals surface area (Å²) < 4.78 is 4.53. The molecular weight excluding hydrogens is 270 g/mol. The summed E-state index contributed by atoms with van der Waals surface area (Å²) in [5, 5.41) is 4.31. The fraction of sp³-hybridized carbons (Fsp3) is 0.429. The number of benzene rings is 1.